The zero-order valence-corrected chi connectivity index (χ0v) is 19.0. The van der Waals surface area contributed by atoms with Crippen molar-refractivity contribution in [3.63, 3.8) is 0 Å². The second kappa shape index (κ2) is 10.1. The van der Waals surface area contributed by atoms with Crippen molar-refractivity contribution in [2.24, 2.45) is 4.99 Å². The zero-order valence-electron chi connectivity index (χ0n) is 18.2. The molecule has 2 N–H and O–H groups in total. The van der Waals surface area contributed by atoms with Crippen LogP contribution in [-0.4, -0.2) is 24.0 Å². The van der Waals surface area contributed by atoms with E-state index in [1.54, 1.807) is 6.07 Å². The molecule has 4 rings (SSSR count). The Hall–Kier alpha value is -3.02. The van der Waals surface area contributed by atoms with E-state index in [-0.39, 0.29) is 18.0 Å². The molecule has 2 atom stereocenters. The minimum absolute atomic E-state index is 0.143. The van der Waals surface area contributed by atoms with E-state index in [1.807, 2.05) is 74.5 Å². The second-order valence-corrected chi connectivity index (χ2v) is 7.97. The summed E-state index contributed by atoms with van der Waals surface area (Å²) in [5.41, 5.74) is 3.77. The maximum absolute atomic E-state index is 10.9. The maximum Gasteiger partial charge on any atom is 0.162 e. The molecule has 0 radical (unpaired) electrons. The van der Waals surface area contributed by atoms with E-state index in [0.717, 1.165) is 28.2 Å². The van der Waals surface area contributed by atoms with E-state index in [9.17, 15) is 5.11 Å². The molecule has 3 aromatic carbocycles. The Morgan fingerprint density at radius 2 is 1.69 bits per heavy atom. The SMILES string of the molecule is CCOc1ccc(C2=NC(c3ccc(Cl)cc3)NC(c3cccc(OCC)c3O)C2)cc1. The van der Waals surface area contributed by atoms with Crippen LogP contribution in [0.15, 0.2) is 71.7 Å². The number of hydrogen-bond acceptors (Lipinski definition) is 5. The number of phenols is 1. The molecule has 0 fully saturated rings. The Balaban J connectivity index is 1.71. The number of nitrogens with one attached hydrogen (secondary N) is 1. The molecule has 0 bridgehead atoms. The van der Waals surface area contributed by atoms with Gasteiger partial charge in [-0.15, -0.1) is 0 Å². The molecule has 0 saturated carbocycles. The Bertz CT molecular complexity index is 1080. The van der Waals surface area contributed by atoms with Crippen LogP contribution in [0.25, 0.3) is 0 Å². The average Bonchev–Trinajstić information content (AvgIpc) is 2.81. The third-order valence-corrected chi connectivity index (χ3v) is 5.68. The Kier molecular flexibility index (Phi) is 6.98. The molecule has 0 aromatic heterocycles. The van der Waals surface area contributed by atoms with Gasteiger partial charge in [0.25, 0.3) is 0 Å². The van der Waals surface area contributed by atoms with Crippen LogP contribution in [0.2, 0.25) is 5.02 Å². The van der Waals surface area contributed by atoms with Gasteiger partial charge in [-0.3, -0.25) is 10.3 Å². The minimum Gasteiger partial charge on any atom is -0.504 e. The first kappa shape index (κ1) is 22.2. The molecular weight excluding hydrogens is 424 g/mol. The first-order valence-corrected chi connectivity index (χ1v) is 11.2. The van der Waals surface area contributed by atoms with Gasteiger partial charge >= 0.3 is 0 Å². The third-order valence-electron chi connectivity index (χ3n) is 5.43. The summed E-state index contributed by atoms with van der Waals surface area (Å²) >= 11 is 6.09. The van der Waals surface area contributed by atoms with E-state index < -0.39 is 0 Å². The molecule has 6 heteroatoms. The number of rotatable bonds is 7. The van der Waals surface area contributed by atoms with Gasteiger partial charge in [-0.25, -0.2) is 0 Å². The van der Waals surface area contributed by atoms with Crippen LogP contribution in [0.1, 0.15) is 49.2 Å². The number of aromatic hydroxyl groups is 1. The fraction of sp³-hybridized carbons (Fsp3) is 0.269. The highest BCUT2D eigenvalue weighted by Gasteiger charge is 2.28. The molecule has 0 saturated heterocycles. The molecule has 5 nitrogen and oxygen atoms in total. The minimum atomic E-state index is -0.275. The van der Waals surface area contributed by atoms with Gasteiger partial charge in [0.05, 0.1) is 13.2 Å². The first-order chi connectivity index (χ1) is 15.6. The van der Waals surface area contributed by atoms with E-state index in [1.165, 1.54) is 0 Å². The first-order valence-electron chi connectivity index (χ1n) is 10.8. The number of aliphatic imine (C=N–C) groups is 1. The topological polar surface area (TPSA) is 63.1 Å². The van der Waals surface area contributed by atoms with E-state index >= 15 is 0 Å². The van der Waals surface area contributed by atoms with Crippen molar-refractivity contribution in [2.45, 2.75) is 32.5 Å². The van der Waals surface area contributed by atoms with Gasteiger partial charge in [0.15, 0.2) is 11.5 Å². The van der Waals surface area contributed by atoms with Gasteiger partial charge in [0.2, 0.25) is 0 Å². The van der Waals surface area contributed by atoms with Gasteiger partial charge in [-0.2, -0.15) is 0 Å². The number of nitrogens with zero attached hydrogens (tertiary/aromatic N) is 1. The van der Waals surface area contributed by atoms with Gasteiger partial charge in [0.1, 0.15) is 11.9 Å². The molecule has 1 aliphatic heterocycles. The molecule has 166 valence electrons. The van der Waals surface area contributed by atoms with Crippen molar-refractivity contribution in [1.29, 1.82) is 0 Å². The lowest BCUT2D eigenvalue weighted by atomic mass is 9.93. The summed E-state index contributed by atoms with van der Waals surface area (Å²) in [5.74, 6) is 1.48. The molecule has 2 unspecified atom stereocenters. The Morgan fingerprint density at radius 3 is 2.38 bits per heavy atom. The molecule has 1 heterocycles. The molecule has 32 heavy (non-hydrogen) atoms. The summed E-state index contributed by atoms with van der Waals surface area (Å²) in [6.07, 6.45) is 0.351. The van der Waals surface area contributed by atoms with E-state index in [2.05, 4.69) is 5.32 Å². The highest BCUT2D eigenvalue weighted by Crippen LogP contribution is 2.39. The highest BCUT2D eigenvalue weighted by molar-refractivity contribution is 6.30. The molecule has 1 aliphatic rings. The van der Waals surface area contributed by atoms with Crippen LogP contribution in [0, 0.1) is 0 Å². The van der Waals surface area contributed by atoms with Crippen LogP contribution in [-0.2, 0) is 0 Å². The highest BCUT2D eigenvalue weighted by atomic mass is 35.5. The molecule has 0 spiro atoms. The smallest absolute Gasteiger partial charge is 0.162 e. The van der Waals surface area contributed by atoms with Crippen LogP contribution in [0.5, 0.6) is 17.2 Å². The fourth-order valence-corrected chi connectivity index (χ4v) is 4.03. The molecule has 0 aliphatic carbocycles. The molecule has 0 amide bonds. The van der Waals surface area contributed by atoms with E-state index in [4.69, 9.17) is 26.1 Å². The van der Waals surface area contributed by atoms with Gasteiger partial charge in [-0.05, 0) is 67.4 Å². The number of para-hydroxylation sites is 1. The van der Waals surface area contributed by atoms with Gasteiger partial charge < -0.3 is 14.6 Å². The van der Waals surface area contributed by atoms with Crippen molar-refractivity contribution in [3.05, 3.63) is 88.4 Å². The fourth-order valence-electron chi connectivity index (χ4n) is 3.90. The second-order valence-electron chi connectivity index (χ2n) is 7.54. The average molecular weight is 451 g/mol. The summed E-state index contributed by atoms with van der Waals surface area (Å²) in [4.78, 5) is 5.00. The van der Waals surface area contributed by atoms with Gasteiger partial charge in [-0.1, -0.05) is 35.9 Å². The van der Waals surface area contributed by atoms with Crippen molar-refractivity contribution in [3.8, 4) is 17.2 Å². The van der Waals surface area contributed by atoms with Crippen LogP contribution >= 0.6 is 11.6 Å². The largest absolute Gasteiger partial charge is 0.504 e. The predicted molar refractivity (Wildman–Crippen MR) is 128 cm³/mol. The lowest BCUT2D eigenvalue weighted by molar-refractivity contribution is 0.313. The van der Waals surface area contributed by atoms with Crippen molar-refractivity contribution in [2.75, 3.05) is 13.2 Å². The number of phenolic OH excluding ortho intramolecular Hbond substituents is 1. The van der Waals surface area contributed by atoms with Crippen LogP contribution in [0.3, 0.4) is 0 Å². The number of halogens is 1. The molecule has 3 aromatic rings. The van der Waals surface area contributed by atoms with E-state index in [0.29, 0.717) is 30.4 Å². The zero-order chi connectivity index (χ0) is 22.5. The van der Waals surface area contributed by atoms with Crippen molar-refractivity contribution >= 4 is 17.3 Å². The summed E-state index contributed by atoms with van der Waals surface area (Å²) in [7, 11) is 0. The summed E-state index contributed by atoms with van der Waals surface area (Å²) in [6.45, 7) is 4.98. The van der Waals surface area contributed by atoms with Crippen LogP contribution < -0.4 is 14.8 Å². The maximum atomic E-state index is 10.9. The third kappa shape index (κ3) is 4.90. The van der Waals surface area contributed by atoms with Crippen LogP contribution in [0.4, 0.5) is 0 Å². The number of ether oxygens (including phenoxy) is 2. The number of benzene rings is 3. The monoisotopic (exact) mass is 450 g/mol. The summed E-state index contributed by atoms with van der Waals surface area (Å²) in [6, 6.07) is 21.1. The predicted octanol–water partition coefficient (Wildman–Crippen LogP) is 6.07. The number of hydrogen-bond donors (Lipinski definition) is 2. The normalized spacial score (nSPS) is 18.2. The summed E-state index contributed by atoms with van der Waals surface area (Å²) in [5, 5.41) is 15.1. The van der Waals surface area contributed by atoms with Crippen molar-refractivity contribution in [1.82, 2.24) is 5.32 Å². The quantitative estimate of drug-likeness (QED) is 0.459. The van der Waals surface area contributed by atoms with Crippen molar-refractivity contribution < 1.29 is 14.6 Å². The Morgan fingerprint density at radius 1 is 0.969 bits per heavy atom. The Labute approximate surface area is 193 Å². The van der Waals surface area contributed by atoms with Gasteiger partial charge in [0, 0.05) is 28.8 Å². The standard InChI is InChI=1S/C26H27ClN2O3/c1-3-31-20-14-10-17(11-15-20)22-16-23(21-6-5-7-24(25(21)30)32-4-2)29-26(28-22)18-8-12-19(27)13-9-18/h5-15,23,26,29-30H,3-4,16H2,1-2H3. The molecular formula is C26H27ClN2O3. The lowest BCUT2D eigenvalue weighted by Crippen LogP contribution is -2.33. The summed E-state index contributed by atoms with van der Waals surface area (Å²) < 4.78 is 11.2. The lowest BCUT2D eigenvalue weighted by Gasteiger charge is -2.31.